The van der Waals surface area contributed by atoms with Crippen LogP contribution in [0.2, 0.25) is 0 Å². The van der Waals surface area contributed by atoms with Crippen LogP contribution in [0.25, 0.3) is 22.4 Å². The van der Waals surface area contributed by atoms with Crippen LogP contribution < -0.4 is 5.73 Å². The largest absolute Gasteiger partial charge is 0.367 e. The zero-order valence-electron chi connectivity index (χ0n) is 10.6. The van der Waals surface area contributed by atoms with Gasteiger partial charge in [-0.1, -0.05) is 23.4 Å². The van der Waals surface area contributed by atoms with Gasteiger partial charge in [-0.2, -0.15) is 0 Å². The van der Waals surface area contributed by atoms with Crippen molar-refractivity contribution in [2.75, 3.05) is 5.73 Å². The van der Waals surface area contributed by atoms with Gasteiger partial charge in [0, 0.05) is 5.56 Å². The molecule has 0 bridgehead atoms. The van der Waals surface area contributed by atoms with E-state index in [4.69, 9.17) is 10.3 Å². The molecule has 0 saturated carbocycles. The number of hydrogen-bond acceptors (Lipinski definition) is 3. The molecular formula is C15H9BrF2N2O. The quantitative estimate of drug-likeness (QED) is 0.732. The molecule has 0 amide bonds. The number of nitrogens with zero attached hydrogens (tertiary/aromatic N) is 1. The van der Waals surface area contributed by atoms with Crippen molar-refractivity contribution in [3.63, 3.8) is 0 Å². The Kier molecular flexibility index (Phi) is 3.47. The summed E-state index contributed by atoms with van der Waals surface area (Å²) in [5.74, 6) is -0.896. The van der Waals surface area contributed by atoms with Gasteiger partial charge in [0.15, 0.2) is 0 Å². The van der Waals surface area contributed by atoms with Crippen LogP contribution in [-0.4, -0.2) is 5.16 Å². The van der Waals surface area contributed by atoms with E-state index in [1.165, 1.54) is 18.2 Å². The van der Waals surface area contributed by atoms with Gasteiger partial charge < -0.3 is 10.3 Å². The molecule has 21 heavy (non-hydrogen) atoms. The standard InChI is InChI=1S/C15H9BrF2N2O/c16-11-6-2-5-10(13(11)18)14-12(15(19)21-20-14)8-3-1-4-9(17)7-8/h1-7H,19H2. The smallest absolute Gasteiger partial charge is 0.230 e. The number of aromatic nitrogens is 1. The summed E-state index contributed by atoms with van der Waals surface area (Å²) in [5.41, 5.74) is 7.06. The average Bonchev–Trinajstić information content (AvgIpc) is 2.83. The van der Waals surface area contributed by atoms with E-state index >= 15 is 0 Å². The van der Waals surface area contributed by atoms with Crippen LogP contribution in [0.1, 0.15) is 0 Å². The third kappa shape index (κ3) is 2.42. The van der Waals surface area contributed by atoms with E-state index in [9.17, 15) is 8.78 Å². The summed E-state index contributed by atoms with van der Waals surface area (Å²) in [6, 6.07) is 10.6. The van der Waals surface area contributed by atoms with Crippen molar-refractivity contribution in [3.05, 3.63) is 58.6 Å². The molecule has 0 aliphatic heterocycles. The molecule has 0 spiro atoms. The van der Waals surface area contributed by atoms with Gasteiger partial charge >= 0.3 is 0 Å². The molecule has 0 atom stereocenters. The SMILES string of the molecule is Nc1onc(-c2cccc(Br)c2F)c1-c1cccc(F)c1. The number of rotatable bonds is 2. The second-order valence-corrected chi connectivity index (χ2v) is 5.24. The normalized spacial score (nSPS) is 10.8. The van der Waals surface area contributed by atoms with Crippen molar-refractivity contribution in [2.24, 2.45) is 0 Å². The van der Waals surface area contributed by atoms with Crippen molar-refractivity contribution in [1.82, 2.24) is 5.16 Å². The Hall–Kier alpha value is -2.21. The summed E-state index contributed by atoms with van der Waals surface area (Å²) in [7, 11) is 0. The maximum absolute atomic E-state index is 14.2. The van der Waals surface area contributed by atoms with Crippen LogP contribution in [-0.2, 0) is 0 Å². The molecule has 3 rings (SSSR count). The molecule has 3 nitrogen and oxygen atoms in total. The minimum absolute atomic E-state index is 0.00924. The van der Waals surface area contributed by atoms with E-state index in [0.29, 0.717) is 15.6 Å². The van der Waals surface area contributed by atoms with Crippen molar-refractivity contribution >= 4 is 21.8 Å². The molecule has 2 N–H and O–H groups in total. The predicted molar refractivity (Wildman–Crippen MR) is 79.4 cm³/mol. The fourth-order valence-corrected chi connectivity index (χ4v) is 2.46. The summed E-state index contributed by atoms with van der Waals surface area (Å²) in [6.45, 7) is 0. The van der Waals surface area contributed by atoms with Gasteiger partial charge in [0.1, 0.15) is 17.3 Å². The zero-order chi connectivity index (χ0) is 15.0. The zero-order valence-corrected chi connectivity index (χ0v) is 12.2. The van der Waals surface area contributed by atoms with Crippen molar-refractivity contribution in [1.29, 1.82) is 0 Å². The molecule has 1 aromatic heterocycles. The summed E-state index contributed by atoms with van der Waals surface area (Å²) in [5, 5.41) is 3.81. The topological polar surface area (TPSA) is 52.0 Å². The lowest BCUT2D eigenvalue weighted by Crippen LogP contribution is -1.91. The van der Waals surface area contributed by atoms with Gasteiger partial charge in [-0.15, -0.1) is 0 Å². The molecule has 0 unspecified atom stereocenters. The second kappa shape index (κ2) is 5.29. The lowest BCUT2D eigenvalue weighted by molar-refractivity contribution is 0.439. The van der Waals surface area contributed by atoms with Gasteiger partial charge in [-0.25, -0.2) is 8.78 Å². The molecule has 0 fully saturated rings. The molecule has 0 saturated heterocycles. The van der Waals surface area contributed by atoms with Gasteiger partial charge in [-0.05, 0) is 45.8 Å². The number of nitrogen functional groups attached to an aromatic ring is 1. The van der Waals surface area contributed by atoms with Crippen LogP contribution in [0.5, 0.6) is 0 Å². The lowest BCUT2D eigenvalue weighted by Gasteiger charge is -2.05. The van der Waals surface area contributed by atoms with Crippen molar-refractivity contribution in [2.45, 2.75) is 0 Å². The molecule has 106 valence electrons. The molecule has 6 heteroatoms. The first-order valence-electron chi connectivity index (χ1n) is 6.03. The van der Waals surface area contributed by atoms with Crippen LogP contribution in [0.3, 0.4) is 0 Å². The number of anilines is 1. The highest BCUT2D eigenvalue weighted by Crippen LogP contribution is 2.38. The Morgan fingerprint density at radius 1 is 1.10 bits per heavy atom. The average molecular weight is 351 g/mol. The van der Waals surface area contributed by atoms with Crippen molar-refractivity contribution in [3.8, 4) is 22.4 Å². The second-order valence-electron chi connectivity index (χ2n) is 4.38. The molecule has 2 aromatic carbocycles. The summed E-state index contributed by atoms with van der Waals surface area (Å²) < 4.78 is 32.9. The fraction of sp³-hybridized carbons (Fsp3) is 0. The van der Waals surface area contributed by atoms with Gasteiger partial charge in [-0.3, -0.25) is 0 Å². The van der Waals surface area contributed by atoms with Crippen LogP contribution in [0.15, 0.2) is 51.5 Å². The van der Waals surface area contributed by atoms with Crippen LogP contribution in [0.4, 0.5) is 14.7 Å². The Bertz CT molecular complexity index is 817. The van der Waals surface area contributed by atoms with E-state index in [1.54, 1.807) is 24.3 Å². The summed E-state index contributed by atoms with van der Waals surface area (Å²) in [6.07, 6.45) is 0. The summed E-state index contributed by atoms with van der Waals surface area (Å²) >= 11 is 3.12. The minimum Gasteiger partial charge on any atom is -0.367 e. The lowest BCUT2D eigenvalue weighted by atomic mass is 10.0. The predicted octanol–water partition coefficient (Wildman–Crippen LogP) is 4.63. The Morgan fingerprint density at radius 2 is 1.86 bits per heavy atom. The molecule has 0 radical (unpaired) electrons. The molecule has 1 heterocycles. The summed E-state index contributed by atoms with van der Waals surface area (Å²) in [4.78, 5) is 0. The minimum atomic E-state index is -0.483. The molecule has 0 aliphatic carbocycles. The Morgan fingerprint density at radius 3 is 2.62 bits per heavy atom. The van der Waals surface area contributed by atoms with E-state index in [2.05, 4.69) is 21.1 Å². The number of nitrogens with two attached hydrogens (primary N) is 1. The van der Waals surface area contributed by atoms with Gasteiger partial charge in [0.25, 0.3) is 0 Å². The number of benzene rings is 2. The van der Waals surface area contributed by atoms with Crippen LogP contribution >= 0.6 is 15.9 Å². The van der Waals surface area contributed by atoms with Gasteiger partial charge in [0.05, 0.1) is 10.0 Å². The van der Waals surface area contributed by atoms with E-state index in [1.807, 2.05) is 0 Å². The number of hydrogen-bond donors (Lipinski definition) is 1. The first kappa shape index (κ1) is 13.8. The van der Waals surface area contributed by atoms with E-state index in [-0.39, 0.29) is 17.1 Å². The Labute approximate surface area is 127 Å². The van der Waals surface area contributed by atoms with Crippen LogP contribution in [0, 0.1) is 11.6 Å². The van der Waals surface area contributed by atoms with Crippen molar-refractivity contribution < 1.29 is 13.3 Å². The van der Waals surface area contributed by atoms with E-state index in [0.717, 1.165) is 0 Å². The highest BCUT2D eigenvalue weighted by Gasteiger charge is 2.21. The number of halogens is 3. The Balaban J connectivity index is 2.24. The molecule has 0 aliphatic rings. The maximum atomic E-state index is 14.2. The highest BCUT2D eigenvalue weighted by atomic mass is 79.9. The fourth-order valence-electron chi connectivity index (χ4n) is 2.10. The monoisotopic (exact) mass is 350 g/mol. The molecule has 3 aromatic rings. The van der Waals surface area contributed by atoms with E-state index < -0.39 is 11.6 Å². The van der Waals surface area contributed by atoms with Gasteiger partial charge in [0.2, 0.25) is 5.88 Å². The third-order valence-electron chi connectivity index (χ3n) is 3.04. The first-order chi connectivity index (χ1) is 10.1. The molecular weight excluding hydrogens is 342 g/mol. The third-order valence-corrected chi connectivity index (χ3v) is 3.65. The highest BCUT2D eigenvalue weighted by molar-refractivity contribution is 9.10. The first-order valence-corrected chi connectivity index (χ1v) is 6.82. The maximum Gasteiger partial charge on any atom is 0.230 e.